The number of halogens is 8. The summed E-state index contributed by atoms with van der Waals surface area (Å²) in [6.07, 6.45) is -2.85. The van der Waals surface area contributed by atoms with Crippen molar-refractivity contribution in [3.8, 4) is 16.8 Å². The summed E-state index contributed by atoms with van der Waals surface area (Å²) in [4.78, 5) is 33.9. The summed E-state index contributed by atoms with van der Waals surface area (Å²) < 4.78 is 133. The van der Waals surface area contributed by atoms with Crippen molar-refractivity contribution in [2.45, 2.75) is 43.7 Å². The number of carbonyl (C=O) groups excluding carboxylic acids is 1. The topological polar surface area (TPSA) is 146 Å². The Morgan fingerprint density at radius 2 is 1.69 bits per heavy atom. The van der Waals surface area contributed by atoms with Crippen LogP contribution >= 0.6 is 11.6 Å². The predicted octanol–water partition coefficient (Wildman–Crippen LogP) is 7.82. The normalized spacial score (nSPS) is 17.1. The number of sulfonamides is 1. The SMILES string of the molecule is Cn1nc(NS(C)(=O)=O)c2c(Cl)ccc(-n3c([C@H](Cc4cc(F)cc(F)c4)NC(=O)Cn4nc(C(F)F)c5c4C(F)(F)C4CC54)nc4cc(-c5cccc(F)c5)ccc4c3=O)c21. The van der Waals surface area contributed by atoms with Crippen LogP contribution in [0, 0.1) is 23.4 Å². The fraction of sp³-hybridized carbons (Fsp3) is 0.244. The third-order valence-electron chi connectivity index (χ3n) is 11.0. The lowest BCUT2D eigenvalue weighted by atomic mass is 10.0. The molecule has 9 rings (SSSR count). The molecular formula is C41H30ClF7N8O4S. The Hall–Kier alpha value is -6.28. The molecule has 1 saturated carbocycles. The van der Waals surface area contributed by atoms with Crippen molar-refractivity contribution in [3.63, 3.8) is 0 Å². The summed E-state index contributed by atoms with van der Waals surface area (Å²) in [6.45, 7) is -1.01. The zero-order valence-electron chi connectivity index (χ0n) is 32.1. The number of benzene rings is 4. The van der Waals surface area contributed by atoms with Crippen LogP contribution in [0.1, 0.15) is 53.1 Å². The van der Waals surface area contributed by atoms with E-state index in [9.17, 15) is 40.0 Å². The quantitative estimate of drug-likeness (QED) is 0.126. The number of fused-ring (bicyclic) bond motifs is 5. The third kappa shape index (κ3) is 7.13. The lowest BCUT2D eigenvalue weighted by Gasteiger charge is -2.24. The number of nitrogens with one attached hydrogen (secondary N) is 2. The Morgan fingerprint density at radius 3 is 2.39 bits per heavy atom. The van der Waals surface area contributed by atoms with Gasteiger partial charge in [-0.1, -0.05) is 29.8 Å². The van der Waals surface area contributed by atoms with Gasteiger partial charge in [-0.3, -0.25) is 28.2 Å². The van der Waals surface area contributed by atoms with Gasteiger partial charge >= 0.3 is 0 Å². The minimum Gasteiger partial charge on any atom is -0.344 e. The van der Waals surface area contributed by atoms with E-state index in [1.165, 1.54) is 54.2 Å². The Labute approximate surface area is 351 Å². The number of hydrogen-bond acceptors (Lipinski definition) is 7. The molecule has 3 aromatic heterocycles. The first kappa shape index (κ1) is 41.1. The van der Waals surface area contributed by atoms with Crippen LogP contribution in [-0.2, 0) is 40.8 Å². The minimum atomic E-state index is -3.93. The molecule has 0 spiro atoms. The highest BCUT2D eigenvalue weighted by Crippen LogP contribution is 2.68. The lowest BCUT2D eigenvalue weighted by molar-refractivity contribution is -0.123. The maximum Gasteiger partial charge on any atom is 0.293 e. The zero-order chi connectivity index (χ0) is 44.2. The zero-order valence-corrected chi connectivity index (χ0v) is 33.7. The second-order valence-electron chi connectivity index (χ2n) is 15.3. The molecule has 320 valence electrons. The molecular weight excluding hydrogens is 869 g/mol. The van der Waals surface area contributed by atoms with E-state index in [-0.39, 0.29) is 61.7 Å². The lowest BCUT2D eigenvalue weighted by Crippen LogP contribution is -2.38. The summed E-state index contributed by atoms with van der Waals surface area (Å²) in [5.74, 6) is -9.76. The van der Waals surface area contributed by atoms with Crippen LogP contribution in [0.2, 0.25) is 5.02 Å². The number of aryl methyl sites for hydroxylation is 1. The number of anilines is 1. The first-order chi connectivity index (χ1) is 29.3. The monoisotopic (exact) mass is 898 g/mol. The van der Waals surface area contributed by atoms with Crippen LogP contribution in [0.3, 0.4) is 0 Å². The van der Waals surface area contributed by atoms with Crippen molar-refractivity contribution in [1.82, 2.24) is 34.4 Å². The summed E-state index contributed by atoms with van der Waals surface area (Å²) in [5.41, 5.74) is -1.92. The maximum atomic E-state index is 15.5. The van der Waals surface area contributed by atoms with Crippen molar-refractivity contribution < 1.29 is 43.9 Å². The second kappa shape index (κ2) is 14.7. The van der Waals surface area contributed by atoms with Crippen LogP contribution in [-0.4, -0.2) is 49.7 Å². The minimum absolute atomic E-state index is 0.00710. The number of rotatable bonds is 11. The number of nitrogens with zero attached hydrogens (tertiary/aromatic N) is 6. The highest BCUT2D eigenvalue weighted by atomic mass is 35.5. The molecule has 62 heavy (non-hydrogen) atoms. The summed E-state index contributed by atoms with van der Waals surface area (Å²) in [6, 6.07) is 13.7. The standard InChI is InChI=1S/C41H30ClF7N8O4S/c1-55-35-30(9-8-27(42)33(35)38(53-55)54-62(2,60)61)57-39(51-28-14-20(6-7-24(28)40(57)59)19-4-3-5-21(43)13-19)29(12-18-10-22(44)15-23(45)11-18)50-31(58)17-56-36-32(34(52-56)37(46)47)25-16-26(25)41(36,48)49/h3-11,13-15,25-26,29,37H,12,16-17H2,1-2H3,(H,50,58)(H,53,54)/t25?,26?,29-/m0/s1. The molecule has 2 aliphatic carbocycles. The Bertz CT molecular complexity index is 3190. The van der Waals surface area contributed by atoms with Gasteiger partial charge in [-0.2, -0.15) is 19.0 Å². The molecule has 0 saturated heterocycles. The fourth-order valence-corrected chi connectivity index (χ4v) is 9.16. The van der Waals surface area contributed by atoms with Crippen LogP contribution in [0.15, 0.2) is 77.6 Å². The van der Waals surface area contributed by atoms with Gasteiger partial charge in [0.2, 0.25) is 15.9 Å². The van der Waals surface area contributed by atoms with Crippen molar-refractivity contribution in [2.75, 3.05) is 11.0 Å². The van der Waals surface area contributed by atoms with E-state index in [4.69, 9.17) is 16.6 Å². The average molecular weight is 899 g/mol. The average Bonchev–Trinajstić information content (AvgIpc) is 3.72. The highest BCUT2D eigenvalue weighted by molar-refractivity contribution is 7.92. The van der Waals surface area contributed by atoms with Crippen molar-refractivity contribution in [1.29, 1.82) is 0 Å². The van der Waals surface area contributed by atoms with E-state index >= 15 is 8.78 Å². The smallest absolute Gasteiger partial charge is 0.293 e. The highest BCUT2D eigenvalue weighted by Gasteiger charge is 2.67. The Morgan fingerprint density at radius 1 is 0.968 bits per heavy atom. The van der Waals surface area contributed by atoms with Crippen molar-refractivity contribution >= 4 is 55.2 Å². The van der Waals surface area contributed by atoms with E-state index in [0.717, 1.165) is 23.0 Å². The van der Waals surface area contributed by atoms with Gasteiger partial charge in [0, 0.05) is 31.0 Å². The number of alkyl halides is 4. The third-order valence-corrected chi connectivity index (χ3v) is 11.8. The van der Waals surface area contributed by atoms with E-state index in [1.807, 2.05) is 0 Å². The molecule has 1 amide bonds. The van der Waals surface area contributed by atoms with Gasteiger partial charge in [-0.05, 0) is 77.6 Å². The molecule has 2 N–H and O–H groups in total. The molecule has 7 aromatic rings. The molecule has 1 fully saturated rings. The van der Waals surface area contributed by atoms with Gasteiger partial charge in [-0.25, -0.2) is 35.4 Å². The molecule has 0 radical (unpaired) electrons. The van der Waals surface area contributed by atoms with Gasteiger partial charge in [-0.15, -0.1) is 0 Å². The van der Waals surface area contributed by atoms with E-state index in [1.54, 1.807) is 12.1 Å². The van der Waals surface area contributed by atoms with Crippen molar-refractivity contribution in [2.24, 2.45) is 13.0 Å². The first-order valence-electron chi connectivity index (χ1n) is 18.8. The van der Waals surface area contributed by atoms with E-state index in [2.05, 4.69) is 20.2 Å². The molecule has 3 atom stereocenters. The van der Waals surface area contributed by atoms with Crippen LogP contribution < -0.4 is 15.6 Å². The summed E-state index contributed by atoms with van der Waals surface area (Å²) >= 11 is 6.61. The van der Waals surface area contributed by atoms with Gasteiger partial charge in [0.05, 0.1) is 44.8 Å². The maximum absolute atomic E-state index is 15.5. The predicted molar refractivity (Wildman–Crippen MR) is 213 cm³/mol. The van der Waals surface area contributed by atoms with Gasteiger partial charge in [0.15, 0.2) is 5.82 Å². The van der Waals surface area contributed by atoms with Gasteiger partial charge < -0.3 is 5.32 Å². The number of amides is 1. The van der Waals surface area contributed by atoms with Crippen LogP contribution in [0.4, 0.5) is 36.6 Å². The van der Waals surface area contributed by atoms with Gasteiger partial charge in [0.25, 0.3) is 17.9 Å². The van der Waals surface area contributed by atoms with Crippen LogP contribution in [0.25, 0.3) is 38.6 Å². The summed E-state index contributed by atoms with van der Waals surface area (Å²) in [5, 5.41) is 10.7. The molecule has 0 aliphatic heterocycles. The van der Waals surface area contributed by atoms with E-state index in [0.29, 0.717) is 21.9 Å². The fourth-order valence-electron chi connectivity index (χ4n) is 8.43. The number of hydrogen-bond donors (Lipinski definition) is 2. The number of aromatic nitrogens is 6. The molecule has 2 aliphatic rings. The Balaban J connectivity index is 1.26. The Kier molecular flexibility index (Phi) is 9.73. The molecule has 12 nitrogen and oxygen atoms in total. The summed E-state index contributed by atoms with van der Waals surface area (Å²) in [7, 11) is -2.49. The van der Waals surface area contributed by atoms with Crippen molar-refractivity contribution in [3.05, 3.63) is 134 Å². The van der Waals surface area contributed by atoms with Gasteiger partial charge in [0.1, 0.15) is 41.2 Å². The molecule has 21 heteroatoms. The molecule has 3 heterocycles. The largest absolute Gasteiger partial charge is 0.344 e. The molecule has 2 unspecified atom stereocenters. The van der Waals surface area contributed by atoms with Crippen LogP contribution in [0.5, 0.6) is 0 Å². The second-order valence-corrected chi connectivity index (χ2v) is 17.4. The molecule has 0 bridgehead atoms. The van der Waals surface area contributed by atoms with E-state index < -0.39 is 93.5 Å². The number of carbonyl (C=O) groups is 1. The molecule has 4 aromatic carbocycles. The first-order valence-corrected chi connectivity index (χ1v) is 21.0.